The van der Waals surface area contributed by atoms with Gasteiger partial charge in [-0.3, -0.25) is 9.52 Å². The second-order valence-electron chi connectivity index (χ2n) is 5.62. The quantitative estimate of drug-likeness (QED) is 0.646. The normalized spacial score (nSPS) is 11.8. The number of rotatable bonds is 6. The molecule has 3 aromatic rings. The van der Waals surface area contributed by atoms with Gasteiger partial charge in [-0.15, -0.1) is 0 Å². The van der Waals surface area contributed by atoms with Crippen LogP contribution >= 0.6 is 0 Å². The van der Waals surface area contributed by atoms with Crippen molar-refractivity contribution in [2.75, 3.05) is 18.3 Å². The molecule has 0 unspecified atom stereocenters. The van der Waals surface area contributed by atoms with Gasteiger partial charge in [0.05, 0.1) is 11.3 Å². The number of halogens is 1. The van der Waals surface area contributed by atoms with Crippen molar-refractivity contribution in [2.24, 2.45) is 0 Å². The average Bonchev–Trinajstić information content (AvgIpc) is 3.06. The van der Waals surface area contributed by atoms with E-state index in [9.17, 15) is 17.6 Å². The molecular weight excluding hydrogens is 359 g/mol. The molecule has 0 aliphatic rings. The number of ketones is 1. The second kappa shape index (κ2) is 6.85. The molecule has 1 aromatic carbocycles. The molecule has 0 spiro atoms. The number of fused-ring (bicyclic) bond motifs is 1. The van der Waals surface area contributed by atoms with Crippen molar-refractivity contribution in [3.8, 4) is 0 Å². The number of benzene rings is 1. The van der Waals surface area contributed by atoms with Crippen LogP contribution in [0.3, 0.4) is 0 Å². The number of carbonyl (C=O) groups excluding carboxylic acids is 1. The lowest BCUT2D eigenvalue weighted by molar-refractivity contribution is 0.103. The van der Waals surface area contributed by atoms with Gasteiger partial charge in [-0.1, -0.05) is 13.0 Å². The number of nitrogens with zero attached hydrogens (tertiary/aromatic N) is 2. The fourth-order valence-corrected chi connectivity index (χ4v) is 3.39. The molecule has 0 saturated heterocycles. The van der Waals surface area contributed by atoms with Gasteiger partial charge in [0.2, 0.25) is 0 Å². The van der Waals surface area contributed by atoms with E-state index in [1.807, 2.05) is 0 Å². The number of carbonyl (C=O) groups is 1. The number of anilines is 1. The first-order chi connectivity index (χ1) is 12.3. The molecule has 9 heteroatoms. The zero-order valence-corrected chi connectivity index (χ0v) is 15.0. The Kier molecular flexibility index (Phi) is 4.75. The minimum absolute atomic E-state index is 0.220. The highest BCUT2D eigenvalue weighted by atomic mass is 32.2. The van der Waals surface area contributed by atoms with Gasteiger partial charge in [-0.05, 0) is 24.3 Å². The summed E-state index contributed by atoms with van der Waals surface area (Å²) < 4.78 is 42.3. The molecule has 0 radical (unpaired) electrons. The topological polar surface area (TPSA) is 95.2 Å². The van der Waals surface area contributed by atoms with Crippen LogP contribution in [0.5, 0.6) is 0 Å². The number of aromatic amines is 1. The fourth-order valence-electron chi connectivity index (χ4n) is 2.46. The minimum Gasteiger partial charge on any atom is -0.345 e. The van der Waals surface area contributed by atoms with Crippen molar-refractivity contribution >= 4 is 32.7 Å². The lowest BCUT2D eigenvalue weighted by Crippen LogP contribution is -2.32. The van der Waals surface area contributed by atoms with E-state index in [4.69, 9.17) is 0 Å². The van der Waals surface area contributed by atoms with Crippen molar-refractivity contribution in [1.29, 1.82) is 0 Å². The summed E-state index contributed by atoms with van der Waals surface area (Å²) in [5.41, 5.74) is 0.263. The van der Waals surface area contributed by atoms with Crippen LogP contribution in [-0.2, 0) is 10.2 Å². The predicted octanol–water partition coefficient (Wildman–Crippen LogP) is 2.54. The first-order valence-corrected chi connectivity index (χ1v) is 9.28. The SMILES string of the molecule is CCN(C)S(=O)(=O)Nc1cccc(C(=O)c2c[nH]c3ncccc23)c1F. The fraction of sp³-hybridized carbons (Fsp3) is 0.176. The van der Waals surface area contributed by atoms with E-state index in [0.717, 1.165) is 4.31 Å². The van der Waals surface area contributed by atoms with Crippen molar-refractivity contribution in [2.45, 2.75) is 6.92 Å². The zero-order valence-electron chi connectivity index (χ0n) is 14.2. The van der Waals surface area contributed by atoms with E-state index in [1.54, 1.807) is 25.3 Å². The Balaban J connectivity index is 2.01. The smallest absolute Gasteiger partial charge is 0.301 e. The highest BCUT2D eigenvalue weighted by molar-refractivity contribution is 7.90. The molecule has 2 heterocycles. The van der Waals surface area contributed by atoms with Crippen molar-refractivity contribution in [1.82, 2.24) is 14.3 Å². The van der Waals surface area contributed by atoms with Gasteiger partial charge < -0.3 is 4.98 Å². The second-order valence-corrected chi connectivity index (χ2v) is 7.40. The summed E-state index contributed by atoms with van der Waals surface area (Å²) in [6.45, 7) is 1.87. The molecule has 0 atom stereocenters. The van der Waals surface area contributed by atoms with Crippen LogP contribution in [0, 0.1) is 5.82 Å². The summed E-state index contributed by atoms with van der Waals surface area (Å²) in [7, 11) is -2.53. The third kappa shape index (κ3) is 3.18. The van der Waals surface area contributed by atoms with Crippen molar-refractivity contribution < 1.29 is 17.6 Å². The van der Waals surface area contributed by atoms with Crippen molar-refractivity contribution in [3.05, 3.63) is 59.7 Å². The minimum atomic E-state index is -3.90. The monoisotopic (exact) mass is 376 g/mol. The molecule has 7 nitrogen and oxygen atoms in total. The van der Waals surface area contributed by atoms with E-state index < -0.39 is 21.8 Å². The van der Waals surface area contributed by atoms with E-state index in [2.05, 4.69) is 14.7 Å². The maximum absolute atomic E-state index is 14.8. The molecule has 0 saturated carbocycles. The maximum Gasteiger partial charge on any atom is 0.301 e. The van der Waals surface area contributed by atoms with E-state index in [-0.39, 0.29) is 23.4 Å². The summed E-state index contributed by atoms with van der Waals surface area (Å²) >= 11 is 0. The first kappa shape index (κ1) is 18.0. The van der Waals surface area contributed by atoms with Crippen LogP contribution < -0.4 is 4.72 Å². The molecule has 2 N–H and O–H groups in total. The molecule has 2 aromatic heterocycles. The maximum atomic E-state index is 14.8. The zero-order chi connectivity index (χ0) is 18.9. The summed E-state index contributed by atoms with van der Waals surface area (Å²) in [6.07, 6.45) is 3.04. The molecule has 0 fully saturated rings. The number of H-pyrrole nitrogens is 1. The van der Waals surface area contributed by atoms with E-state index >= 15 is 0 Å². The lowest BCUT2D eigenvalue weighted by Gasteiger charge is -2.17. The van der Waals surface area contributed by atoms with Crippen LogP contribution in [0.15, 0.2) is 42.7 Å². The number of hydrogen-bond donors (Lipinski definition) is 2. The van der Waals surface area contributed by atoms with Crippen molar-refractivity contribution in [3.63, 3.8) is 0 Å². The molecule has 26 heavy (non-hydrogen) atoms. The Bertz CT molecular complexity index is 1080. The third-order valence-corrected chi connectivity index (χ3v) is 5.59. The summed E-state index contributed by atoms with van der Waals surface area (Å²) in [6, 6.07) is 7.38. The van der Waals surface area contributed by atoms with Gasteiger partial charge in [0.25, 0.3) is 0 Å². The van der Waals surface area contributed by atoms with Crippen LogP contribution in [-0.4, -0.2) is 42.1 Å². The average molecular weight is 376 g/mol. The van der Waals surface area contributed by atoms with Crippen LogP contribution in [0.2, 0.25) is 0 Å². The molecular formula is C17H17FN4O3S. The highest BCUT2D eigenvalue weighted by Gasteiger charge is 2.23. The summed E-state index contributed by atoms with van der Waals surface area (Å²) in [5.74, 6) is -1.49. The van der Waals surface area contributed by atoms with Gasteiger partial charge in [-0.2, -0.15) is 12.7 Å². The van der Waals surface area contributed by atoms with E-state index in [0.29, 0.717) is 11.0 Å². The first-order valence-electron chi connectivity index (χ1n) is 7.84. The number of nitrogens with one attached hydrogen (secondary N) is 2. The van der Waals surface area contributed by atoms with Crippen LogP contribution in [0.25, 0.3) is 11.0 Å². The Labute approximate surface area is 150 Å². The lowest BCUT2D eigenvalue weighted by atomic mass is 10.0. The molecule has 3 rings (SSSR count). The summed E-state index contributed by atoms with van der Waals surface area (Å²) in [4.78, 5) is 19.7. The highest BCUT2D eigenvalue weighted by Crippen LogP contribution is 2.25. The Morgan fingerprint density at radius 2 is 2.04 bits per heavy atom. The standard InChI is InChI=1S/C17H17FN4O3S/c1-3-22(2)26(24,25)21-14-8-4-6-12(15(14)18)16(23)13-10-20-17-11(13)7-5-9-19-17/h4-10,21H,3H2,1-2H3,(H,19,20). The van der Waals surface area contributed by atoms with Gasteiger partial charge >= 0.3 is 10.2 Å². The van der Waals surface area contributed by atoms with E-state index in [1.165, 1.54) is 31.4 Å². The molecule has 136 valence electrons. The number of pyridine rings is 1. The molecule has 0 aliphatic carbocycles. The van der Waals surface area contributed by atoms with Gasteiger partial charge in [0.1, 0.15) is 5.65 Å². The largest absolute Gasteiger partial charge is 0.345 e. The third-order valence-electron chi connectivity index (χ3n) is 4.03. The van der Waals surface area contributed by atoms with Crippen LogP contribution in [0.1, 0.15) is 22.8 Å². The Hall–Kier alpha value is -2.78. The number of aromatic nitrogens is 2. The van der Waals surface area contributed by atoms with Gasteiger partial charge in [-0.25, -0.2) is 9.37 Å². The summed E-state index contributed by atoms with van der Waals surface area (Å²) in [5, 5.41) is 0.564. The van der Waals surface area contributed by atoms with Crippen LogP contribution in [0.4, 0.5) is 10.1 Å². The van der Waals surface area contributed by atoms with Gasteiger partial charge in [0, 0.05) is 36.9 Å². The van der Waals surface area contributed by atoms with Gasteiger partial charge in [0.15, 0.2) is 11.6 Å². The molecule has 0 bridgehead atoms. The molecule has 0 aliphatic heterocycles. The Morgan fingerprint density at radius 3 is 2.77 bits per heavy atom. The predicted molar refractivity (Wildman–Crippen MR) is 96.8 cm³/mol. The number of hydrogen-bond acceptors (Lipinski definition) is 4. The molecule has 0 amide bonds. The Morgan fingerprint density at radius 1 is 1.27 bits per heavy atom.